The average molecular weight is 287 g/mol. The summed E-state index contributed by atoms with van der Waals surface area (Å²) in [5.41, 5.74) is 3.95. The van der Waals surface area contributed by atoms with Gasteiger partial charge in [-0.05, 0) is 47.4 Å². The van der Waals surface area contributed by atoms with Crippen molar-refractivity contribution in [3.63, 3.8) is 0 Å². The predicted octanol–water partition coefficient (Wildman–Crippen LogP) is 4.58. The summed E-state index contributed by atoms with van der Waals surface area (Å²) in [6.07, 6.45) is 1.48. The van der Waals surface area contributed by atoms with Gasteiger partial charge in [-0.15, -0.1) is 0 Å². The van der Waals surface area contributed by atoms with Gasteiger partial charge in [0.1, 0.15) is 0 Å². The molecule has 0 N–H and O–H groups in total. The molecule has 0 bridgehead atoms. The Morgan fingerprint density at radius 3 is 2.40 bits per heavy atom. The van der Waals surface area contributed by atoms with E-state index < -0.39 is 0 Å². The molecule has 0 heterocycles. The van der Waals surface area contributed by atoms with Crippen LogP contribution >= 0.6 is 11.6 Å². The summed E-state index contributed by atoms with van der Waals surface area (Å²) in [7, 11) is 1.37. The second-order valence-corrected chi connectivity index (χ2v) is 4.88. The summed E-state index contributed by atoms with van der Waals surface area (Å²) in [4.78, 5) is 11.3. The molecule has 0 spiro atoms. The number of methoxy groups -OCH3 is 1. The van der Waals surface area contributed by atoms with Crippen LogP contribution in [0.2, 0.25) is 5.02 Å². The molecule has 0 unspecified atom stereocenters. The van der Waals surface area contributed by atoms with Crippen LogP contribution in [0.4, 0.5) is 0 Å². The summed E-state index contributed by atoms with van der Waals surface area (Å²) < 4.78 is 4.64. The Balaban J connectivity index is 2.38. The van der Waals surface area contributed by atoms with Crippen molar-refractivity contribution in [2.75, 3.05) is 7.11 Å². The maximum absolute atomic E-state index is 11.3. The predicted molar refractivity (Wildman–Crippen MR) is 82.6 cm³/mol. The second-order valence-electron chi connectivity index (χ2n) is 4.44. The van der Waals surface area contributed by atoms with E-state index in [0.29, 0.717) is 5.02 Å². The Bertz CT molecular complexity index is 660. The lowest BCUT2D eigenvalue weighted by atomic mass is 10.00. The number of carbonyl (C=O) groups is 1. The topological polar surface area (TPSA) is 26.3 Å². The van der Waals surface area contributed by atoms with Crippen LogP contribution in [0.25, 0.3) is 16.7 Å². The highest BCUT2D eigenvalue weighted by Gasteiger charge is 2.03. The third-order valence-electron chi connectivity index (χ3n) is 3.01. The fraction of sp³-hybridized carbons (Fsp3) is 0.118. The Hall–Kier alpha value is -2.06. The molecule has 0 fully saturated rings. The number of hydrogen-bond donors (Lipinski definition) is 0. The molecule has 0 aromatic heterocycles. The highest BCUT2D eigenvalue weighted by atomic mass is 35.5. The summed E-state index contributed by atoms with van der Waals surface area (Å²) in [6, 6.07) is 15.6. The van der Waals surface area contributed by atoms with E-state index in [4.69, 9.17) is 11.6 Å². The van der Waals surface area contributed by atoms with Gasteiger partial charge >= 0.3 is 5.97 Å². The largest absolute Gasteiger partial charge is 0.466 e. The Kier molecular flexibility index (Phi) is 4.59. The minimum atomic E-state index is -0.351. The normalized spacial score (nSPS) is 11.2. The number of benzene rings is 2. The Labute approximate surface area is 123 Å². The Morgan fingerprint density at radius 2 is 1.75 bits per heavy atom. The standard InChI is InChI=1S/C17H15ClO2/c1-12(9-17(19)20-2)13-5-3-6-14(10-13)15-7-4-8-16(18)11-15/h3-11H,1-2H3/b12-9+. The minimum absolute atomic E-state index is 0.351. The van der Waals surface area contributed by atoms with Gasteiger partial charge in [0, 0.05) is 11.1 Å². The molecule has 0 saturated heterocycles. The van der Waals surface area contributed by atoms with E-state index in [2.05, 4.69) is 4.74 Å². The van der Waals surface area contributed by atoms with Crippen LogP contribution in [0.3, 0.4) is 0 Å². The maximum atomic E-state index is 11.3. The maximum Gasteiger partial charge on any atom is 0.330 e. The number of rotatable bonds is 3. The van der Waals surface area contributed by atoms with Crippen molar-refractivity contribution in [3.05, 3.63) is 65.2 Å². The lowest BCUT2D eigenvalue weighted by molar-refractivity contribution is -0.134. The number of esters is 1. The van der Waals surface area contributed by atoms with Gasteiger partial charge in [0.2, 0.25) is 0 Å². The van der Waals surface area contributed by atoms with Crippen molar-refractivity contribution in [1.82, 2.24) is 0 Å². The SMILES string of the molecule is COC(=O)/C=C(\C)c1cccc(-c2cccc(Cl)c2)c1. The minimum Gasteiger partial charge on any atom is -0.466 e. The molecule has 2 aromatic carbocycles. The van der Waals surface area contributed by atoms with E-state index in [1.165, 1.54) is 13.2 Å². The molecule has 2 nitrogen and oxygen atoms in total. The first-order chi connectivity index (χ1) is 9.60. The summed E-state index contributed by atoms with van der Waals surface area (Å²) in [5, 5.41) is 0.703. The van der Waals surface area contributed by atoms with Gasteiger partial charge in [-0.1, -0.05) is 41.9 Å². The van der Waals surface area contributed by atoms with E-state index in [1.54, 1.807) is 0 Å². The molecule has 0 aliphatic heterocycles. The zero-order valence-electron chi connectivity index (χ0n) is 11.4. The van der Waals surface area contributed by atoms with Crippen molar-refractivity contribution >= 4 is 23.1 Å². The summed E-state index contributed by atoms with van der Waals surface area (Å²) >= 11 is 6.01. The molecule has 0 radical (unpaired) electrons. The average Bonchev–Trinajstić information content (AvgIpc) is 2.47. The fourth-order valence-electron chi connectivity index (χ4n) is 1.93. The van der Waals surface area contributed by atoms with E-state index >= 15 is 0 Å². The van der Waals surface area contributed by atoms with Crippen LogP contribution in [0.5, 0.6) is 0 Å². The zero-order chi connectivity index (χ0) is 14.5. The van der Waals surface area contributed by atoms with Crippen LogP contribution in [0.15, 0.2) is 54.6 Å². The molecule has 2 rings (SSSR count). The number of allylic oxidation sites excluding steroid dienone is 1. The van der Waals surface area contributed by atoms with Crippen LogP contribution in [0, 0.1) is 0 Å². The molecule has 2 aromatic rings. The fourth-order valence-corrected chi connectivity index (χ4v) is 2.12. The molecular weight excluding hydrogens is 272 g/mol. The highest BCUT2D eigenvalue weighted by molar-refractivity contribution is 6.30. The van der Waals surface area contributed by atoms with Gasteiger partial charge in [-0.3, -0.25) is 0 Å². The Morgan fingerprint density at radius 1 is 1.10 bits per heavy atom. The molecule has 0 saturated carbocycles. The molecule has 102 valence electrons. The summed E-state index contributed by atoms with van der Waals surface area (Å²) in [6.45, 7) is 1.88. The van der Waals surface area contributed by atoms with Crippen LogP contribution in [0.1, 0.15) is 12.5 Å². The van der Waals surface area contributed by atoms with E-state index in [1.807, 2.05) is 55.5 Å². The van der Waals surface area contributed by atoms with Gasteiger partial charge in [0.05, 0.1) is 7.11 Å². The van der Waals surface area contributed by atoms with E-state index in [0.717, 1.165) is 22.3 Å². The molecule has 0 aliphatic rings. The first-order valence-electron chi connectivity index (χ1n) is 6.23. The molecule has 0 amide bonds. The first-order valence-corrected chi connectivity index (χ1v) is 6.60. The van der Waals surface area contributed by atoms with Crippen molar-refractivity contribution in [3.8, 4) is 11.1 Å². The van der Waals surface area contributed by atoms with Crippen molar-refractivity contribution < 1.29 is 9.53 Å². The van der Waals surface area contributed by atoms with Crippen LogP contribution in [-0.2, 0) is 9.53 Å². The van der Waals surface area contributed by atoms with Crippen LogP contribution in [-0.4, -0.2) is 13.1 Å². The molecule has 0 aliphatic carbocycles. The number of ether oxygens (including phenoxy) is 1. The lowest BCUT2D eigenvalue weighted by Gasteiger charge is -2.06. The van der Waals surface area contributed by atoms with Crippen molar-refractivity contribution in [1.29, 1.82) is 0 Å². The number of carbonyl (C=O) groups excluding carboxylic acids is 1. The van der Waals surface area contributed by atoms with Gasteiger partial charge in [0.25, 0.3) is 0 Å². The number of hydrogen-bond acceptors (Lipinski definition) is 2. The molecule has 3 heteroatoms. The first kappa shape index (κ1) is 14.4. The lowest BCUT2D eigenvalue weighted by Crippen LogP contribution is -1.95. The van der Waals surface area contributed by atoms with Gasteiger partial charge in [-0.2, -0.15) is 0 Å². The smallest absolute Gasteiger partial charge is 0.330 e. The van der Waals surface area contributed by atoms with E-state index in [-0.39, 0.29) is 5.97 Å². The third-order valence-corrected chi connectivity index (χ3v) is 3.25. The summed E-state index contributed by atoms with van der Waals surface area (Å²) in [5.74, 6) is -0.351. The quantitative estimate of drug-likeness (QED) is 0.610. The highest BCUT2D eigenvalue weighted by Crippen LogP contribution is 2.25. The third kappa shape index (κ3) is 3.49. The van der Waals surface area contributed by atoms with Gasteiger partial charge < -0.3 is 4.74 Å². The van der Waals surface area contributed by atoms with Gasteiger partial charge in [0.15, 0.2) is 0 Å². The molecule has 20 heavy (non-hydrogen) atoms. The number of halogens is 1. The van der Waals surface area contributed by atoms with Crippen molar-refractivity contribution in [2.45, 2.75) is 6.92 Å². The molecule has 0 atom stereocenters. The van der Waals surface area contributed by atoms with Crippen molar-refractivity contribution in [2.24, 2.45) is 0 Å². The zero-order valence-corrected chi connectivity index (χ0v) is 12.1. The van der Waals surface area contributed by atoms with Gasteiger partial charge in [-0.25, -0.2) is 4.79 Å². The van der Waals surface area contributed by atoms with E-state index in [9.17, 15) is 4.79 Å². The van der Waals surface area contributed by atoms with Crippen LogP contribution < -0.4 is 0 Å². The monoisotopic (exact) mass is 286 g/mol. The second kappa shape index (κ2) is 6.40. The molecular formula is C17H15ClO2.